The van der Waals surface area contributed by atoms with E-state index >= 15 is 0 Å². The molecule has 0 unspecified atom stereocenters. The van der Waals surface area contributed by atoms with Gasteiger partial charge in [-0.3, -0.25) is 0 Å². The first-order valence-electron chi connectivity index (χ1n) is 5.80. The van der Waals surface area contributed by atoms with Gasteiger partial charge in [0.15, 0.2) is 0 Å². The van der Waals surface area contributed by atoms with E-state index in [0.29, 0.717) is 22.9 Å². The highest BCUT2D eigenvalue weighted by Gasteiger charge is 2.02. The zero-order chi connectivity index (χ0) is 13.7. The van der Waals surface area contributed by atoms with Crippen molar-refractivity contribution < 1.29 is 4.79 Å². The Morgan fingerprint density at radius 1 is 1.05 bits per heavy atom. The second-order valence-corrected chi connectivity index (χ2v) is 4.43. The number of benzene rings is 2. The van der Waals surface area contributed by atoms with E-state index in [1.54, 1.807) is 36.4 Å². The van der Waals surface area contributed by atoms with Crippen molar-refractivity contribution in [3.05, 3.63) is 59.1 Å². The minimum atomic E-state index is -0.317. The van der Waals surface area contributed by atoms with Crippen molar-refractivity contribution in [1.29, 1.82) is 0 Å². The van der Waals surface area contributed by atoms with Crippen LogP contribution in [-0.2, 0) is 6.54 Å². The smallest absolute Gasteiger partial charge is 0.323 e. The largest absolute Gasteiger partial charge is 0.326 e. The van der Waals surface area contributed by atoms with Crippen LogP contribution in [0.4, 0.5) is 16.2 Å². The van der Waals surface area contributed by atoms with Crippen molar-refractivity contribution in [2.75, 3.05) is 10.6 Å². The van der Waals surface area contributed by atoms with Gasteiger partial charge < -0.3 is 16.4 Å². The van der Waals surface area contributed by atoms with Crippen molar-refractivity contribution in [2.24, 2.45) is 5.73 Å². The number of amides is 2. The molecule has 98 valence electrons. The number of nitrogens with one attached hydrogen (secondary N) is 2. The lowest BCUT2D eigenvalue weighted by Crippen LogP contribution is -2.19. The monoisotopic (exact) mass is 275 g/mol. The summed E-state index contributed by atoms with van der Waals surface area (Å²) in [6.07, 6.45) is 0. The Balaban J connectivity index is 1.97. The zero-order valence-corrected chi connectivity index (χ0v) is 10.9. The molecule has 0 fully saturated rings. The van der Waals surface area contributed by atoms with E-state index in [0.717, 1.165) is 5.56 Å². The normalized spacial score (nSPS) is 10.0. The molecule has 0 aliphatic rings. The van der Waals surface area contributed by atoms with Crippen molar-refractivity contribution >= 4 is 29.0 Å². The summed E-state index contributed by atoms with van der Waals surface area (Å²) >= 11 is 5.84. The van der Waals surface area contributed by atoms with Crippen LogP contribution in [0.1, 0.15) is 5.56 Å². The minimum absolute atomic E-state index is 0.317. The molecular weight excluding hydrogens is 262 g/mol. The summed E-state index contributed by atoms with van der Waals surface area (Å²) in [5, 5.41) is 6.00. The van der Waals surface area contributed by atoms with Gasteiger partial charge in [-0.05, 0) is 35.9 Å². The SMILES string of the molecule is NCc1ccc(NC(=O)Nc2cccc(Cl)c2)cc1. The van der Waals surface area contributed by atoms with Crippen LogP contribution in [0.5, 0.6) is 0 Å². The molecule has 0 bridgehead atoms. The summed E-state index contributed by atoms with van der Waals surface area (Å²) in [4.78, 5) is 11.8. The van der Waals surface area contributed by atoms with Gasteiger partial charge in [0, 0.05) is 22.9 Å². The third-order valence-electron chi connectivity index (χ3n) is 2.53. The predicted molar refractivity (Wildman–Crippen MR) is 78.4 cm³/mol. The minimum Gasteiger partial charge on any atom is -0.326 e. The first-order chi connectivity index (χ1) is 9.17. The third-order valence-corrected chi connectivity index (χ3v) is 2.77. The fourth-order valence-electron chi connectivity index (χ4n) is 1.58. The highest BCUT2D eigenvalue weighted by molar-refractivity contribution is 6.30. The molecule has 4 nitrogen and oxygen atoms in total. The first kappa shape index (κ1) is 13.4. The first-order valence-corrected chi connectivity index (χ1v) is 6.18. The quantitative estimate of drug-likeness (QED) is 0.803. The Bertz CT molecular complexity index is 569. The van der Waals surface area contributed by atoms with Crippen LogP contribution < -0.4 is 16.4 Å². The van der Waals surface area contributed by atoms with E-state index in [2.05, 4.69) is 10.6 Å². The second-order valence-electron chi connectivity index (χ2n) is 3.99. The molecule has 0 saturated heterocycles. The van der Waals surface area contributed by atoms with Gasteiger partial charge in [0.1, 0.15) is 0 Å². The van der Waals surface area contributed by atoms with Gasteiger partial charge in [-0.25, -0.2) is 4.79 Å². The fraction of sp³-hybridized carbons (Fsp3) is 0.0714. The number of hydrogen-bond acceptors (Lipinski definition) is 2. The van der Waals surface area contributed by atoms with Gasteiger partial charge in [-0.2, -0.15) is 0 Å². The van der Waals surface area contributed by atoms with Crippen molar-refractivity contribution in [3.63, 3.8) is 0 Å². The van der Waals surface area contributed by atoms with Gasteiger partial charge >= 0.3 is 6.03 Å². The molecule has 2 aromatic rings. The number of hydrogen-bond donors (Lipinski definition) is 3. The lowest BCUT2D eigenvalue weighted by molar-refractivity contribution is 0.262. The summed E-state index contributed by atoms with van der Waals surface area (Å²) in [5.74, 6) is 0. The van der Waals surface area contributed by atoms with Gasteiger partial charge in [-0.1, -0.05) is 29.8 Å². The Labute approximate surface area is 116 Å². The summed E-state index contributed by atoms with van der Waals surface area (Å²) in [6, 6.07) is 14.0. The molecule has 0 spiro atoms. The van der Waals surface area contributed by atoms with Crippen LogP contribution in [0.2, 0.25) is 5.02 Å². The molecule has 2 amide bonds. The lowest BCUT2D eigenvalue weighted by atomic mass is 10.2. The average molecular weight is 276 g/mol. The highest BCUT2D eigenvalue weighted by atomic mass is 35.5. The van der Waals surface area contributed by atoms with E-state index in [-0.39, 0.29) is 6.03 Å². The number of carbonyl (C=O) groups excluding carboxylic acids is 1. The van der Waals surface area contributed by atoms with Crippen molar-refractivity contribution in [2.45, 2.75) is 6.54 Å². The molecule has 0 heterocycles. The molecular formula is C14H14ClN3O. The molecule has 19 heavy (non-hydrogen) atoms. The summed E-state index contributed by atoms with van der Waals surface area (Å²) < 4.78 is 0. The summed E-state index contributed by atoms with van der Waals surface area (Å²) in [7, 11) is 0. The number of halogens is 1. The van der Waals surface area contributed by atoms with Crippen LogP contribution in [0.25, 0.3) is 0 Å². The molecule has 2 aromatic carbocycles. The van der Waals surface area contributed by atoms with E-state index in [1.807, 2.05) is 12.1 Å². The number of nitrogens with two attached hydrogens (primary N) is 1. The number of anilines is 2. The molecule has 0 aromatic heterocycles. The Morgan fingerprint density at radius 3 is 2.37 bits per heavy atom. The highest BCUT2D eigenvalue weighted by Crippen LogP contribution is 2.15. The van der Waals surface area contributed by atoms with Crippen molar-refractivity contribution in [1.82, 2.24) is 0 Å². The summed E-state index contributed by atoms with van der Waals surface area (Å²) in [5.41, 5.74) is 7.87. The van der Waals surface area contributed by atoms with Crippen molar-refractivity contribution in [3.8, 4) is 0 Å². The van der Waals surface area contributed by atoms with Gasteiger partial charge in [0.2, 0.25) is 0 Å². The number of carbonyl (C=O) groups is 1. The molecule has 0 radical (unpaired) electrons. The molecule has 2 rings (SSSR count). The molecule has 0 aliphatic carbocycles. The second kappa shape index (κ2) is 6.22. The van der Waals surface area contributed by atoms with Crippen LogP contribution in [0.3, 0.4) is 0 Å². The number of urea groups is 1. The van der Waals surface area contributed by atoms with E-state index in [1.165, 1.54) is 0 Å². The third kappa shape index (κ3) is 3.98. The standard InChI is InChI=1S/C14H14ClN3O/c15-11-2-1-3-13(8-11)18-14(19)17-12-6-4-10(9-16)5-7-12/h1-8H,9,16H2,(H2,17,18,19). The molecule has 0 atom stereocenters. The average Bonchev–Trinajstić information content (AvgIpc) is 2.39. The Morgan fingerprint density at radius 2 is 1.74 bits per heavy atom. The van der Waals surface area contributed by atoms with E-state index < -0.39 is 0 Å². The number of rotatable bonds is 3. The maximum Gasteiger partial charge on any atom is 0.323 e. The van der Waals surface area contributed by atoms with Gasteiger partial charge in [-0.15, -0.1) is 0 Å². The van der Waals surface area contributed by atoms with Crippen LogP contribution in [-0.4, -0.2) is 6.03 Å². The van der Waals surface area contributed by atoms with Gasteiger partial charge in [0.05, 0.1) is 0 Å². The van der Waals surface area contributed by atoms with E-state index in [9.17, 15) is 4.79 Å². The lowest BCUT2D eigenvalue weighted by Gasteiger charge is -2.08. The fourth-order valence-corrected chi connectivity index (χ4v) is 1.77. The maximum atomic E-state index is 11.8. The molecule has 0 aliphatic heterocycles. The topological polar surface area (TPSA) is 67.1 Å². The van der Waals surface area contributed by atoms with Crippen LogP contribution in [0.15, 0.2) is 48.5 Å². The molecule has 5 heteroatoms. The van der Waals surface area contributed by atoms with Gasteiger partial charge in [0.25, 0.3) is 0 Å². The molecule has 0 saturated carbocycles. The van der Waals surface area contributed by atoms with Crippen LogP contribution >= 0.6 is 11.6 Å². The zero-order valence-electron chi connectivity index (χ0n) is 10.2. The molecule has 4 N–H and O–H groups in total. The summed E-state index contributed by atoms with van der Waals surface area (Å²) in [6.45, 7) is 0.481. The Hall–Kier alpha value is -2.04. The predicted octanol–water partition coefficient (Wildman–Crippen LogP) is 3.44. The Kier molecular flexibility index (Phi) is 4.39. The maximum absolute atomic E-state index is 11.8. The van der Waals surface area contributed by atoms with E-state index in [4.69, 9.17) is 17.3 Å². The van der Waals surface area contributed by atoms with Crippen LogP contribution in [0, 0.1) is 0 Å².